The SMILES string of the molecule is CC(C)(C)c1ccc(OCCCC(=O)Nc2ccc(C(=O)OC3CCCCC3)cc2)c(Br)c1. The number of esters is 1. The van der Waals surface area contributed by atoms with E-state index < -0.39 is 0 Å². The van der Waals surface area contributed by atoms with Gasteiger partial charge in [0, 0.05) is 12.1 Å². The van der Waals surface area contributed by atoms with Crippen molar-refractivity contribution >= 4 is 33.5 Å². The van der Waals surface area contributed by atoms with Gasteiger partial charge in [-0.15, -0.1) is 0 Å². The maximum atomic E-state index is 12.3. The Balaban J connectivity index is 1.39. The zero-order chi connectivity index (χ0) is 23.8. The maximum absolute atomic E-state index is 12.3. The van der Waals surface area contributed by atoms with E-state index in [4.69, 9.17) is 9.47 Å². The molecular formula is C27H34BrNO4. The quantitative estimate of drug-likeness (QED) is 0.302. The highest BCUT2D eigenvalue weighted by molar-refractivity contribution is 9.10. The van der Waals surface area contributed by atoms with Gasteiger partial charge in [0.15, 0.2) is 0 Å². The molecule has 0 spiro atoms. The van der Waals surface area contributed by atoms with E-state index in [-0.39, 0.29) is 23.4 Å². The second-order valence-electron chi connectivity index (χ2n) is 9.64. The molecule has 0 atom stereocenters. The molecule has 3 rings (SSSR count). The summed E-state index contributed by atoms with van der Waals surface area (Å²) in [6.07, 6.45) is 6.34. The van der Waals surface area contributed by atoms with Crippen LogP contribution < -0.4 is 10.1 Å². The summed E-state index contributed by atoms with van der Waals surface area (Å²) in [7, 11) is 0. The number of hydrogen-bond acceptors (Lipinski definition) is 4. The van der Waals surface area contributed by atoms with Gasteiger partial charge in [-0.3, -0.25) is 4.79 Å². The summed E-state index contributed by atoms with van der Waals surface area (Å²) >= 11 is 3.57. The first-order valence-electron chi connectivity index (χ1n) is 11.8. The number of halogens is 1. The minimum atomic E-state index is -0.293. The molecule has 0 heterocycles. The Morgan fingerprint density at radius 3 is 2.36 bits per heavy atom. The molecule has 1 fully saturated rings. The zero-order valence-electron chi connectivity index (χ0n) is 19.8. The fourth-order valence-electron chi connectivity index (χ4n) is 3.81. The Hall–Kier alpha value is -2.34. The van der Waals surface area contributed by atoms with Gasteiger partial charge in [0.25, 0.3) is 0 Å². The summed E-state index contributed by atoms with van der Waals surface area (Å²) in [5.74, 6) is 0.399. The molecule has 0 bridgehead atoms. The molecule has 0 aliphatic heterocycles. The molecule has 1 aliphatic carbocycles. The highest BCUT2D eigenvalue weighted by Crippen LogP contribution is 2.31. The normalized spacial score (nSPS) is 14.5. The van der Waals surface area contributed by atoms with Crippen LogP contribution in [0.1, 0.15) is 81.6 Å². The molecule has 0 radical (unpaired) electrons. The molecule has 0 saturated heterocycles. The molecule has 2 aromatic rings. The Morgan fingerprint density at radius 1 is 1.03 bits per heavy atom. The first-order valence-corrected chi connectivity index (χ1v) is 12.6. The van der Waals surface area contributed by atoms with E-state index >= 15 is 0 Å². The lowest BCUT2D eigenvalue weighted by Gasteiger charge is -2.21. The number of carbonyl (C=O) groups excluding carboxylic acids is 2. The Kier molecular flexibility index (Phi) is 8.95. The summed E-state index contributed by atoms with van der Waals surface area (Å²) in [4.78, 5) is 24.6. The third-order valence-corrected chi connectivity index (χ3v) is 6.45. The lowest BCUT2D eigenvalue weighted by molar-refractivity contribution is -0.116. The van der Waals surface area contributed by atoms with E-state index in [0.717, 1.165) is 35.9 Å². The molecule has 2 aromatic carbocycles. The standard InChI is InChI=1S/C27H34BrNO4/c1-27(2,3)20-13-16-24(23(28)18-20)32-17-7-10-25(30)29-21-14-11-19(12-15-21)26(31)33-22-8-5-4-6-9-22/h11-16,18,22H,4-10,17H2,1-3H3,(H,29,30). The summed E-state index contributed by atoms with van der Waals surface area (Å²) in [5, 5.41) is 2.87. The molecule has 5 nitrogen and oxygen atoms in total. The van der Waals surface area contributed by atoms with Crippen molar-refractivity contribution in [1.29, 1.82) is 0 Å². The Labute approximate surface area is 205 Å². The number of anilines is 1. The van der Waals surface area contributed by atoms with Crippen LogP contribution in [0.15, 0.2) is 46.9 Å². The lowest BCUT2D eigenvalue weighted by atomic mass is 9.87. The third kappa shape index (κ3) is 7.88. The zero-order valence-corrected chi connectivity index (χ0v) is 21.4. The summed E-state index contributed by atoms with van der Waals surface area (Å²) in [6, 6.07) is 13.0. The number of hydrogen-bond donors (Lipinski definition) is 1. The number of amides is 1. The van der Waals surface area contributed by atoms with Crippen LogP contribution in [0.3, 0.4) is 0 Å². The van der Waals surface area contributed by atoms with Crippen LogP contribution in [0.5, 0.6) is 5.75 Å². The molecule has 178 valence electrons. The summed E-state index contributed by atoms with van der Waals surface area (Å²) in [6.45, 7) is 6.96. The molecule has 1 saturated carbocycles. The van der Waals surface area contributed by atoms with Crippen LogP contribution in [-0.4, -0.2) is 24.6 Å². The van der Waals surface area contributed by atoms with Gasteiger partial charge < -0.3 is 14.8 Å². The van der Waals surface area contributed by atoms with Crippen molar-refractivity contribution in [2.45, 2.75) is 77.2 Å². The summed E-state index contributed by atoms with van der Waals surface area (Å²) in [5.41, 5.74) is 2.48. The largest absolute Gasteiger partial charge is 0.492 e. The lowest BCUT2D eigenvalue weighted by Crippen LogP contribution is -2.21. The van der Waals surface area contributed by atoms with Gasteiger partial charge >= 0.3 is 5.97 Å². The van der Waals surface area contributed by atoms with Gasteiger partial charge in [-0.25, -0.2) is 4.79 Å². The minimum absolute atomic E-state index is 0.0323. The first-order chi connectivity index (χ1) is 15.7. The van der Waals surface area contributed by atoms with Crippen molar-refractivity contribution in [1.82, 2.24) is 0 Å². The van der Waals surface area contributed by atoms with Crippen molar-refractivity contribution in [3.05, 3.63) is 58.1 Å². The highest BCUT2D eigenvalue weighted by atomic mass is 79.9. The van der Waals surface area contributed by atoms with Crippen molar-refractivity contribution < 1.29 is 19.1 Å². The van der Waals surface area contributed by atoms with Crippen molar-refractivity contribution in [2.24, 2.45) is 0 Å². The van der Waals surface area contributed by atoms with Crippen molar-refractivity contribution in [3.63, 3.8) is 0 Å². The number of benzene rings is 2. The van der Waals surface area contributed by atoms with Gasteiger partial charge in [-0.1, -0.05) is 33.3 Å². The molecule has 1 amide bonds. The monoisotopic (exact) mass is 515 g/mol. The van der Waals surface area contributed by atoms with Crippen LogP contribution in [-0.2, 0) is 14.9 Å². The fraction of sp³-hybridized carbons (Fsp3) is 0.481. The molecule has 1 aliphatic rings. The van der Waals surface area contributed by atoms with Crippen LogP contribution >= 0.6 is 15.9 Å². The fourth-order valence-corrected chi connectivity index (χ4v) is 4.31. The molecule has 6 heteroatoms. The van der Waals surface area contributed by atoms with Gasteiger partial charge in [0.2, 0.25) is 5.91 Å². The van der Waals surface area contributed by atoms with Gasteiger partial charge in [0.1, 0.15) is 11.9 Å². The minimum Gasteiger partial charge on any atom is -0.492 e. The van der Waals surface area contributed by atoms with E-state index in [9.17, 15) is 9.59 Å². The number of nitrogens with one attached hydrogen (secondary N) is 1. The molecule has 0 unspecified atom stereocenters. The Morgan fingerprint density at radius 2 is 1.73 bits per heavy atom. The van der Waals surface area contributed by atoms with E-state index in [0.29, 0.717) is 30.7 Å². The van der Waals surface area contributed by atoms with Gasteiger partial charge in [-0.2, -0.15) is 0 Å². The number of rotatable bonds is 8. The predicted octanol–water partition coefficient (Wildman–Crippen LogP) is 7.03. The molecule has 1 N–H and O–H groups in total. The average molecular weight is 516 g/mol. The van der Waals surface area contributed by atoms with Crippen molar-refractivity contribution in [3.8, 4) is 5.75 Å². The molecule has 0 aromatic heterocycles. The second-order valence-corrected chi connectivity index (χ2v) is 10.5. The van der Waals surface area contributed by atoms with E-state index in [1.165, 1.54) is 12.0 Å². The van der Waals surface area contributed by atoms with E-state index in [2.05, 4.69) is 54.2 Å². The maximum Gasteiger partial charge on any atom is 0.338 e. The highest BCUT2D eigenvalue weighted by Gasteiger charge is 2.19. The Bertz CT molecular complexity index is 944. The number of ether oxygens (including phenoxy) is 2. The van der Waals surface area contributed by atoms with Crippen LogP contribution in [0.2, 0.25) is 0 Å². The van der Waals surface area contributed by atoms with E-state index in [1.54, 1.807) is 24.3 Å². The number of carbonyl (C=O) groups is 2. The topological polar surface area (TPSA) is 64.6 Å². The molecule has 33 heavy (non-hydrogen) atoms. The average Bonchev–Trinajstić information content (AvgIpc) is 2.78. The second kappa shape index (κ2) is 11.7. The van der Waals surface area contributed by atoms with Gasteiger partial charge in [0.05, 0.1) is 16.6 Å². The third-order valence-electron chi connectivity index (χ3n) is 5.83. The van der Waals surface area contributed by atoms with Crippen molar-refractivity contribution in [2.75, 3.05) is 11.9 Å². The van der Waals surface area contributed by atoms with Crippen LogP contribution in [0, 0.1) is 0 Å². The predicted molar refractivity (Wildman–Crippen MR) is 135 cm³/mol. The first kappa shape index (κ1) is 25.3. The van der Waals surface area contributed by atoms with Crippen LogP contribution in [0.4, 0.5) is 5.69 Å². The smallest absolute Gasteiger partial charge is 0.338 e. The van der Waals surface area contributed by atoms with Crippen LogP contribution in [0.25, 0.3) is 0 Å². The van der Waals surface area contributed by atoms with Gasteiger partial charge in [-0.05, 0) is 95.4 Å². The molecular weight excluding hydrogens is 482 g/mol. The van der Waals surface area contributed by atoms with E-state index in [1.807, 2.05) is 6.07 Å². The summed E-state index contributed by atoms with van der Waals surface area (Å²) < 4.78 is 12.3.